The number of ether oxygens (including phenoxy) is 1. The van der Waals surface area contributed by atoms with Crippen LogP contribution in [0.15, 0.2) is 36.4 Å². The first-order valence-corrected chi connectivity index (χ1v) is 8.88. The van der Waals surface area contributed by atoms with Crippen LogP contribution in [0.2, 0.25) is 5.02 Å². The van der Waals surface area contributed by atoms with Gasteiger partial charge in [0, 0.05) is 22.5 Å². The van der Waals surface area contributed by atoms with E-state index in [1.807, 2.05) is 0 Å². The summed E-state index contributed by atoms with van der Waals surface area (Å²) < 4.78 is 6.47. The zero-order valence-electron chi connectivity index (χ0n) is 14.5. The molecule has 130 valence electrons. The average molecular weight is 350 g/mol. The molecular formula is C19H26ClN2O2+. The number of rotatable bonds is 5. The van der Waals surface area contributed by atoms with Crippen molar-refractivity contribution in [2.24, 2.45) is 23.7 Å². The molecule has 2 aliphatic rings. The molecule has 4 nitrogen and oxygen atoms in total. The molecule has 0 saturated heterocycles. The van der Waals surface area contributed by atoms with Crippen molar-refractivity contribution < 1.29 is 14.0 Å². The molecule has 1 amide bonds. The fraction of sp³-hybridized carbons (Fsp3) is 0.526. The lowest BCUT2D eigenvalue weighted by Gasteiger charge is -2.34. The van der Waals surface area contributed by atoms with Crippen LogP contribution in [0.5, 0.6) is 0 Å². The number of fused-ring (bicyclic) bond motifs is 2. The lowest BCUT2D eigenvalue weighted by molar-refractivity contribution is -0.874. The molecule has 1 aromatic carbocycles. The van der Waals surface area contributed by atoms with E-state index in [0.29, 0.717) is 41.0 Å². The van der Waals surface area contributed by atoms with E-state index in [-0.39, 0.29) is 0 Å². The van der Waals surface area contributed by atoms with Gasteiger partial charge in [0.05, 0.1) is 34.3 Å². The van der Waals surface area contributed by atoms with Crippen LogP contribution in [-0.4, -0.2) is 44.9 Å². The van der Waals surface area contributed by atoms with Gasteiger partial charge in [-0.3, -0.25) is 5.32 Å². The standard InChI is InChI=1S/C19H25ClN2O2/c1-22(2,3)11-17-13-4-5-14(10-13)18(17)12-24-19(23)21-16-8-6-15(20)7-9-16/h4-9,13-14,17-18H,10-12H2,1-3H3/p+1/t13-,14-,17-,18+/m0/s1. The van der Waals surface area contributed by atoms with E-state index in [9.17, 15) is 4.79 Å². The fourth-order valence-electron chi connectivity index (χ4n) is 4.04. The first-order valence-electron chi connectivity index (χ1n) is 8.50. The topological polar surface area (TPSA) is 38.3 Å². The summed E-state index contributed by atoms with van der Waals surface area (Å²) in [6.07, 6.45) is 5.47. The van der Waals surface area contributed by atoms with Gasteiger partial charge in [-0.2, -0.15) is 0 Å². The Morgan fingerprint density at radius 2 is 1.79 bits per heavy atom. The molecule has 0 unspecified atom stereocenters. The monoisotopic (exact) mass is 349 g/mol. The summed E-state index contributed by atoms with van der Waals surface area (Å²) in [6, 6.07) is 7.03. The van der Waals surface area contributed by atoms with Gasteiger partial charge >= 0.3 is 6.09 Å². The zero-order valence-corrected chi connectivity index (χ0v) is 15.3. The number of halogens is 1. The molecule has 1 aromatic rings. The third kappa shape index (κ3) is 4.11. The number of carbonyl (C=O) groups excluding carboxylic acids is 1. The summed E-state index contributed by atoms with van der Waals surface area (Å²) in [5, 5.41) is 3.40. The van der Waals surface area contributed by atoms with Gasteiger partial charge in [0.2, 0.25) is 0 Å². The van der Waals surface area contributed by atoms with Gasteiger partial charge in [0.25, 0.3) is 0 Å². The highest BCUT2D eigenvalue weighted by molar-refractivity contribution is 6.30. The van der Waals surface area contributed by atoms with Gasteiger partial charge in [-0.25, -0.2) is 4.79 Å². The van der Waals surface area contributed by atoms with Gasteiger partial charge in [-0.05, 0) is 42.5 Å². The van der Waals surface area contributed by atoms with Gasteiger partial charge in [0.1, 0.15) is 0 Å². The van der Waals surface area contributed by atoms with Crippen LogP contribution < -0.4 is 5.32 Å². The molecule has 4 atom stereocenters. The predicted molar refractivity (Wildman–Crippen MR) is 97.0 cm³/mol. The smallest absolute Gasteiger partial charge is 0.411 e. The Kier molecular flexibility index (Phi) is 4.88. The SMILES string of the molecule is C[N+](C)(C)C[C@@H]1[C@H](COC(=O)Nc2ccc(Cl)cc2)[C@H]2C=C[C@H]1C2. The molecule has 5 heteroatoms. The number of carbonyl (C=O) groups is 1. The number of hydrogen-bond acceptors (Lipinski definition) is 2. The van der Waals surface area contributed by atoms with Crippen molar-refractivity contribution in [3.8, 4) is 0 Å². The minimum Gasteiger partial charge on any atom is -0.449 e. The number of allylic oxidation sites excluding steroid dienone is 2. The van der Waals surface area contributed by atoms with Crippen LogP contribution in [-0.2, 0) is 4.74 Å². The van der Waals surface area contributed by atoms with Crippen LogP contribution in [0.1, 0.15) is 6.42 Å². The highest BCUT2D eigenvalue weighted by Gasteiger charge is 2.47. The number of amides is 1. The summed E-state index contributed by atoms with van der Waals surface area (Å²) in [7, 11) is 6.67. The van der Waals surface area contributed by atoms with Crippen LogP contribution in [0, 0.1) is 23.7 Å². The van der Waals surface area contributed by atoms with E-state index in [0.717, 1.165) is 11.0 Å². The lowest BCUT2D eigenvalue weighted by Crippen LogP contribution is -2.43. The predicted octanol–water partition coefficient (Wildman–Crippen LogP) is 4.03. The number of hydrogen-bond donors (Lipinski definition) is 1. The second-order valence-electron chi connectivity index (χ2n) is 7.98. The van der Waals surface area contributed by atoms with Crippen molar-refractivity contribution >= 4 is 23.4 Å². The van der Waals surface area contributed by atoms with Crippen molar-refractivity contribution in [2.45, 2.75) is 6.42 Å². The third-order valence-corrected chi connectivity index (χ3v) is 5.31. The Morgan fingerprint density at radius 3 is 2.42 bits per heavy atom. The van der Waals surface area contributed by atoms with Crippen LogP contribution in [0.4, 0.5) is 10.5 Å². The number of quaternary nitrogens is 1. The molecule has 1 saturated carbocycles. The van der Waals surface area contributed by atoms with Crippen LogP contribution in [0.25, 0.3) is 0 Å². The van der Waals surface area contributed by atoms with Gasteiger partial charge in [0.15, 0.2) is 0 Å². The molecule has 1 fully saturated rings. The number of nitrogens with one attached hydrogen (secondary N) is 1. The highest BCUT2D eigenvalue weighted by Crippen LogP contribution is 2.48. The second-order valence-corrected chi connectivity index (χ2v) is 8.42. The summed E-state index contributed by atoms with van der Waals surface area (Å²) in [4.78, 5) is 12.1. The molecule has 0 aliphatic heterocycles. The maximum absolute atomic E-state index is 12.1. The summed E-state index contributed by atoms with van der Waals surface area (Å²) in [5.74, 6) is 2.20. The van der Waals surface area contributed by atoms with Gasteiger partial charge < -0.3 is 9.22 Å². The minimum absolute atomic E-state index is 0.395. The van der Waals surface area contributed by atoms with Crippen molar-refractivity contribution in [3.05, 3.63) is 41.4 Å². The van der Waals surface area contributed by atoms with Crippen molar-refractivity contribution in [1.82, 2.24) is 0 Å². The fourth-order valence-corrected chi connectivity index (χ4v) is 4.16. The normalized spacial score (nSPS) is 28.2. The third-order valence-electron chi connectivity index (χ3n) is 5.06. The van der Waals surface area contributed by atoms with Crippen molar-refractivity contribution in [1.29, 1.82) is 0 Å². The Bertz CT molecular complexity index is 621. The molecule has 0 spiro atoms. The molecule has 2 aliphatic carbocycles. The largest absolute Gasteiger partial charge is 0.449 e. The van der Waals surface area contributed by atoms with E-state index < -0.39 is 6.09 Å². The quantitative estimate of drug-likeness (QED) is 0.643. The number of benzene rings is 1. The van der Waals surface area contributed by atoms with E-state index >= 15 is 0 Å². The Morgan fingerprint density at radius 1 is 1.17 bits per heavy atom. The summed E-state index contributed by atoms with van der Waals surface area (Å²) in [5.41, 5.74) is 0.695. The highest BCUT2D eigenvalue weighted by atomic mass is 35.5. The van der Waals surface area contributed by atoms with E-state index in [4.69, 9.17) is 16.3 Å². The average Bonchev–Trinajstić information content (AvgIpc) is 3.08. The minimum atomic E-state index is -0.395. The Labute approximate surface area is 149 Å². The zero-order chi connectivity index (χ0) is 17.3. The molecule has 3 rings (SSSR count). The van der Waals surface area contributed by atoms with E-state index in [1.54, 1.807) is 24.3 Å². The van der Waals surface area contributed by atoms with Gasteiger partial charge in [-0.15, -0.1) is 0 Å². The number of anilines is 1. The summed E-state index contributed by atoms with van der Waals surface area (Å²) in [6.45, 7) is 1.59. The molecule has 0 heterocycles. The van der Waals surface area contributed by atoms with Gasteiger partial charge in [-0.1, -0.05) is 23.8 Å². The lowest BCUT2D eigenvalue weighted by atomic mass is 9.83. The Balaban J connectivity index is 1.55. The Hall–Kier alpha value is -1.52. The molecule has 24 heavy (non-hydrogen) atoms. The molecule has 2 bridgehead atoms. The van der Waals surface area contributed by atoms with E-state index in [1.165, 1.54) is 6.42 Å². The first kappa shape index (κ1) is 17.3. The molecule has 0 radical (unpaired) electrons. The maximum atomic E-state index is 12.1. The number of nitrogens with zero attached hydrogens (tertiary/aromatic N) is 1. The van der Waals surface area contributed by atoms with Crippen molar-refractivity contribution in [3.63, 3.8) is 0 Å². The second kappa shape index (κ2) is 6.77. The van der Waals surface area contributed by atoms with E-state index in [2.05, 4.69) is 38.6 Å². The first-order chi connectivity index (χ1) is 11.3. The summed E-state index contributed by atoms with van der Waals surface area (Å²) >= 11 is 5.85. The van der Waals surface area contributed by atoms with Crippen LogP contribution >= 0.6 is 11.6 Å². The molecule has 1 N–H and O–H groups in total. The van der Waals surface area contributed by atoms with Crippen molar-refractivity contribution in [2.75, 3.05) is 39.6 Å². The molecular weight excluding hydrogens is 324 g/mol. The van der Waals surface area contributed by atoms with Crippen LogP contribution in [0.3, 0.4) is 0 Å². The molecule has 0 aromatic heterocycles. The maximum Gasteiger partial charge on any atom is 0.411 e.